The van der Waals surface area contributed by atoms with E-state index < -0.39 is 0 Å². The number of carbonyl (C=O) groups excluding carboxylic acids is 1. The minimum Gasteiger partial charge on any atom is -0.497 e. The lowest BCUT2D eigenvalue weighted by Gasteiger charge is -2.05. The van der Waals surface area contributed by atoms with Gasteiger partial charge in [-0.05, 0) is 35.9 Å². The van der Waals surface area contributed by atoms with E-state index in [4.69, 9.17) is 14.7 Å². The number of nitrogens with one attached hydrogen (secondary N) is 1. The van der Waals surface area contributed by atoms with Crippen molar-refractivity contribution in [2.24, 2.45) is 0 Å². The van der Waals surface area contributed by atoms with Gasteiger partial charge in [0.2, 0.25) is 5.91 Å². The number of hydrogen-bond donors (Lipinski definition) is 1. The second kappa shape index (κ2) is 8.25. The Balaban J connectivity index is 1.95. The second-order valence-electron chi connectivity index (χ2n) is 4.57. The first-order valence-corrected chi connectivity index (χ1v) is 6.94. The Morgan fingerprint density at radius 2 is 2.00 bits per heavy atom. The Morgan fingerprint density at radius 1 is 1.22 bits per heavy atom. The molecule has 5 heteroatoms. The van der Waals surface area contributed by atoms with Crippen molar-refractivity contribution >= 4 is 17.7 Å². The van der Waals surface area contributed by atoms with Gasteiger partial charge < -0.3 is 14.8 Å². The summed E-state index contributed by atoms with van der Waals surface area (Å²) in [6.07, 6.45) is 3.16. The van der Waals surface area contributed by atoms with Gasteiger partial charge in [-0.15, -0.1) is 0 Å². The number of hydrogen-bond acceptors (Lipinski definition) is 4. The molecule has 0 fully saturated rings. The molecule has 0 spiro atoms. The molecule has 0 aliphatic carbocycles. The first-order chi connectivity index (χ1) is 11.2. The van der Waals surface area contributed by atoms with Gasteiger partial charge in [-0.25, -0.2) is 0 Å². The summed E-state index contributed by atoms with van der Waals surface area (Å²) >= 11 is 0. The maximum absolute atomic E-state index is 11.9. The van der Waals surface area contributed by atoms with Crippen LogP contribution < -0.4 is 14.8 Å². The van der Waals surface area contributed by atoms with Crippen molar-refractivity contribution in [1.82, 2.24) is 0 Å². The first kappa shape index (κ1) is 16.1. The third kappa shape index (κ3) is 5.21. The highest BCUT2D eigenvalue weighted by molar-refractivity contribution is 6.02. The van der Waals surface area contributed by atoms with Crippen molar-refractivity contribution in [3.8, 4) is 17.6 Å². The van der Waals surface area contributed by atoms with Crippen LogP contribution in [0.25, 0.3) is 6.08 Å². The Labute approximate surface area is 134 Å². The maximum Gasteiger partial charge on any atom is 0.248 e. The van der Waals surface area contributed by atoms with E-state index in [2.05, 4.69) is 5.32 Å². The van der Waals surface area contributed by atoms with Gasteiger partial charge in [0, 0.05) is 17.8 Å². The fraction of sp³-hybridized carbons (Fsp3) is 0.111. The summed E-state index contributed by atoms with van der Waals surface area (Å²) in [5.74, 6) is 1.04. The van der Waals surface area contributed by atoms with Gasteiger partial charge in [-0.3, -0.25) is 4.79 Å². The topological polar surface area (TPSA) is 71.3 Å². The van der Waals surface area contributed by atoms with Crippen LogP contribution in [0.1, 0.15) is 5.56 Å². The van der Waals surface area contributed by atoms with Crippen LogP contribution in [0, 0.1) is 11.3 Å². The summed E-state index contributed by atoms with van der Waals surface area (Å²) in [6, 6.07) is 16.1. The van der Waals surface area contributed by atoms with Crippen molar-refractivity contribution in [3.63, 3.8) is 0 Å². The van der Waals surface area contributed by atoms with Crippen LogP contribution in [0.4, 0.5) is 5.69 Å². The smallest absolute Gasteiger partial charge is 0.248 e. The maximum atomic E-state index is 11.9. The van der Waals surface area contributed by atoms with Gasteiger partial charge in [-0.2, -0.15) is 5.26 Å². The van der Waals surface area contributed by atoms with Gasteiger partial charge in [0.05, 0.1) is 7.11 Å². The number of benzene rings is 2. The summed E-state index contributed by atoms with van der Waals surface area (Å²) < 4.78 is 10.3. The Hall–Kier alpha value is -3.26. The molecule has 5 nitrogen and oxygen atoms in total. The fourth-order valence-electron chi connectivity index (χ4n) is 1.85. The second-order valence-corrected chi connectivity index (χ2v) is 4.57. The summed E-state index contributed by atoms with van der Waals surface area (Å²) in [7, 11) is 1.60. The highest BCUT2D eigenvalue weighted by atomic mass is 16.5. The molecule has 0 aliphatic rings. The highest BCUT2D eigenvalue weighted by Gasteiger charge is 2.00. The zero-order chi connectivity index (χ0) is 16.5. The normalized spacial score (nSPS) is 10.1. The molecule has 23 heavy (non-hydrogen) atoms. The Bertz CT molecular complexity index is 731. The summed E-state index contributed by atoms with van der Waals surface area (Å²) in [5.41, 5.74) is 1.50. The zero-order valence-corrected chi connectivity index (χ0v) is 12.7. The summed E-state index contributed by atoms with van der Waals surface area (Å²) in [5, 5.41) is 11.2. The monoisotopic (exact) mass is 308 g/mol. The standard InChI is InChI=1S/C18H16N2O3/c1-22-16-8-5-14(6-9-16)7-10-18(21)20-15-3-2-4-17(13-15)23-12-11-19/h2-10,13H,12H2,1H3,(H,20,21). The summed E-state index contributed by atoms with van der Waals surface area (Å²) in [6.45, 7) is -0.0330. The molecule has 116 valence electrons. The first-order valence-electron chi connectivity index (χ1n) is 6.94. The molecular weight excluding hydrogens is 292 g/mol. The van der Waals surface area contributed by atoms with Gasteiger partial charge in [0.25, 0.3) is 0 Å². The molecule has 1 amide bonds. The van der Waals surface area contributed by atoms with Crippen molar-refractivity contribution in [2.45, 2.75) is 0 Å². The van der Waals surface area contributed by atoms with Crippen LogP contribution in [0.15, 0.2) is 54.6 Å². The molecule has 1 N–H and O–H groups in total. The average Bonchev–Trinajstić information content (AvgIpc) is 2.59. The molecule has 0 radical (unpaired) electrons. The van der Waals surface area contributed by atoms with Crippen LogP contribution in [0.5, 0.6) is 11.5 Å². The molecule has 0 heterocycles. The number of methoxy groups -OCH3 is 1. The summed E-state index contributed by atoms with van der Waals surface area (Å²) in [4.78, 5) is 11.9. The largest absolute Gasteiger partial charge is 0.497 e. The molecule has 0 atom stereocenters. The van der Waals surface area contributed by atoms with Crippen LogP contribution >= 0.6 is 0 Å². The molecule has 0 saturated heterocycles. The molecule has 2 rings (SSSR count). The molecule has 0 bridgehead atoms. The lowest BCUT2D eigenvalue weighted by Crippen LogP contribution is -2.07. The van der Waals surface area contributed by atoms with E-state index in [0.717, 1.165) is 11.3 Å². The molecule has 2 aromatic carbocycles. The minimum absolute atomic E-state index is 0.0330. The predicted octanol–water partition coefficient (Wildman–Crippen LogP) is 3.25. The Kier molecular flexibility index (Phi) is 5.78. The van der Waals surface area contributed by atoms with Gasteiger partial charge in [-0.1, -0.05) is 18.2 Å². The zero-order valence-electron chi connectivity index (χ0n) is 12.7. The number of carbonyl (C=O) groups is 1. The lowest BCUT2D eigenvalue weighted by atomic mass is 10.2. The van der Waals surface area contributed by atoms with E-state index >= 15 is 0 Å². The number of ether oxygens (including phenoxy) is 2. The van der Waals surface area contributed by atoms with Gasteiger partial charge in [0.1, 0.15) is 17.6 Å². The van der Waals surface area contributed by atoms with E-state index in [9.17, 15) is 4.79 Å². The molecule has 0 aliphatic heterocycles. The third-order valence-electron chi connectivity index (χ3n) is 2.95. The van der Waals surface area contributed by atoms with E-state index in [1.54, 1.807) is 37.5 Å². The van der Waals surface area contributed by atoms with Crippen molar-refractivity contribution in [3.05, 3.63) is 60.2 Å². The Morgan fingerprint density at radius 3 is 2.70 bits per heavy atom. The molecule has 0 unspecified atom stereocenters. The molecule has 0 aromatic heterocycles. The van der Waals surface area contributed by atoms with Crippen molar-refractivity contribution < 1.29 is 14.3 Å². The van der Waals surface area contributed by atoms with Crippen LogP contribution in [0.2, 0.25) is 0 Å². The van der Waals surface area contributed by atoms with E-state index in [-0.39, 0.29) is 12.5 Å². The minimum atomic E-state index is -0.252. The number of nitrogens with zero attached hydrogens (tertiary/aromatic N) is 1. The molecule has 2 aromatic rings. The third-order valence-corrected chi connectivity index (χ3v) is 2.95. The van der Waals surface area contributed by atoms with Gasteiger partial charge in [0.15, 0.2) is 6.61 Å². The van der Waals surface area contributed by atoms with E-state index in [1.165, 1.54) is 6.08 Å². The quantitative estimate of drug-likeness (QED) is 0.832. The predicted molar refractivity (Wildman–Crippen MR) is 88.2 cm³/mol. The molecular formula is C18H16N2O3. The van der Waals surface area contributed by atoms with E-state index in [1.807, 2.05) is 30.3 Å². The van der Waals surface area contributed by atoms with Gasteiger partial charge >= 0.3 is 0 Å². The van der Waals surface area contributed by atoms with Crippen molar-refractivity contribution in [2.75, 3.05) is 19.0 Å². The number of amides is 1. The number of nitriles is 1. The van der Waals surface area contributed by atoms with Crippen LogP contribution in [-0.2, 0) is 4.79 Å². The highest BCUT2D eigenvalue weighted by Crippen LogP contribution is 2.17. The SMILES string of the molecule is COc1ccc(C=CC(=O)Nc2cccc(OCC#N)c2)cc1. The van der Waals surface area contributed by atoms with E-state index in [0.29, 0.717) is 11.4 Å². The van der Waals surface area contributed by atoms with Crippen LogP contribution in [0.3, 0.4) is 0 Å². The molecule has 0 saturated carbocycles. The fourth-order valence-corrected chi connectivity index (χ4v) is 1.85. The van der Waals surface area contributed by atoms with Crippen molar-refractivity contribution in [1.29, 1.82) is 5.26 Å². The number of rotatable bonds is 6. The lowest BCUT2D eigenvalue weighted by molar-refractivity contribution is -0.111. The number of anilines is 1. The average molecular weight is 308 g/mol. The van der Waals surface area contributed by atoms with Crippen LogP contribution in [-0.4, -0.2) is 19.6 Å².